The molecule has 0 spiro atoms. The predicted molar refractivity (Wildman–Crippen MR) is 99.6 cm³/mol. The summed E-state index contributed by atoms with van der Waals surface area (Å²) in [5, 5.41) is 7.24. The zero-order valence-electron chi connectivity index (χ0n) is 14.0. The molecule has 2 amide bonds. The first kappa shape index (κ1) is 18.7. The third-order valence-corrected chi connectivity index (χ3v) is 3.79. The second kappa shape index (κ2) is 9.59. The van der Waals surface area contributed by atoms with E-state index in [0.717, 1.165) is 11.1 Å². The van der Waals surface area contributed by atoms with Crippen molar-refractivity contribution in [3.63, 3.8) is 0 Å². The molecule has 0 aliphatic heterocycles. The maximum absolute atomic E-state index is 11.8. The summed E-state index contributed by atoms with van der Waals surface area (Å²) in [5.41, 5.74) is 5.03. The number of halogens is 1. The maximum atomic E-state index is 11.8. The summed E-state index contributed by atoms with van der Waals surface area (Å²) in [7, 11) is 0. The molecular formula is C19H20ClN3O2. The lowest BCUT2D eigenvalue weighted by atomic mass is 10.1. The van der Waals surface area contributed by atoms with Crippen LogP contribution < -0.4 is 10.7 Å². The van der Waals surface area contributed by atoms with Gasteiger partial charge in [-0.25, -0.2) is 5.43 Å². The van der Waals surface area contributed by atoms with Gasteiger partial charge < -0.3 is 5.32 Å². The number of nitrogens with one attached hydrogen (secondary N) is 2. The van der Waals surface area contributed by atoms with Crippen LogP contribution in [0.4, 0.5) is 0 Å². The van der Waals surface area contributed by atoms with Crippen molar-refractivity contribution in [1.82, 2.24) is 10.7 Å². The molecule has 2 aromatic rings. The van der Waals surface area contributed by atoms with Crippen LogP contribution in [-0.4, -0.2) is 24.1 Å². The number of aryl methyl sites for hydroxylation is 1. The number of hydrogen-bond donors (Lipinski definition) is 2. The molecule has 5 nitrogen and oxygen atoms in total. The van der Waals surface area contributed by atoms with Gasteiger partial charge in [-0.2, -0.15) is 5.10 Å². The number of hydrazone groups is 1. The Morgan fingerprint density at radius 2 is 1.68 bits per heavy atom. The molecule has 0 unspecified atom stereocenters. The van der Waals surface area contributed by atoms with Gasteiger partial charge in [-0.05, 0) is 36.6 Å². The highest BCUT2D eigenvalue weighted by Crippen LogP contribution is 2.10. The van der Waals surface area contributed by atoms with Gasteiger partial charge in [0.15, 0.2) is 0 Å². The fraction of sp³-hybridized carbons (Fsp3) is 0.211. The zero-order chi connectivity index (χ0) is 18.1. The van der Waals surface area contributed by atoms with E-state index >= 15 is 0 Å². The summed E-state index contributed by atoms with van der Waals surface area (Å²) in [6.45, 7) is 1.67. The molecule has 0 saturated heterocycles. The van der Waals surface area contributed by atoms with Crippen molar-refractivity contribution in [3.8, 4) is 0 Å². The van der Waals surface area contributed by atoms with E-state index in [-0.39, 0.29) is 18.4 Å². The molecule has 0 fully saturated rings. The highest BCUT2D eigenvalue weighted by molar-refractivity contribution is 6.30. The third-order valence-electron chi connectivity index (χ3n) is 3.54. The summed E-state index contributed by atoms with van der Waals surface area (Å²) >= 11 is 5.83. The average Bonchev–Trinajstić information content (AvgIpc) is 2.64. The van der Waals surface area contributed by atoms with Crippen LogP contribution in [0, 0.1) is 0 Å². The minimum absolute atomic E-state index is 0.106. The summed E-state index contributed by atoms with van der Waals surface area (Å²) in [5.74, 6) is -0.543. The van der Waals surface area contributed by atoms with E-state index in [0.29, 0.717) is 23.6 Å². The molecule has 0 aliphatic carbocycles. The number of rotatable bonds is 7. The van der Waals surface area contributed by atoms with Crippen LogP contribution in [0.5, 0.6) is 0 Å². The number of nitrogens with zero attached hydrogens (tertiary/aromatic N) is 1. The molecule has 2 N–H and O–H groups in total. The second-order valence-electron chi connectivity index (χ2n) is 5.50. The number of hydrogen-bond acceptors (Lipinski definition) is 3. The van der Waals surface area contributed by atoms with E-state index in [4.69, 9.17) is 11.6 Å². The molecule has 25 heavy (non-hydrogen) atoms. The number of amides is 2. The van der Waals surface area contributed by atoms with Crippen LogP contribution in [0.3, 0.4) is 0 Å². The highest BCUT2D eigenvalue weighted by atomic mass is 35.5. The van der Waals surface area contributed by atoms with Crippen molar-refractivity contribution in [1.29, 1.82) is 0 Å². The monoisotopic (exact) mass is 357 g/mol. The first-order valence-electron chi connectivity index (χ1n) is 7.94. The van der Waals surface area contributed by atoms with E-state index < -0.39 is 0 Å². The lowest BCUT2D eigenvalue weighted by molar-refractivity contribution is -0.126. The zero-order valence-corrected chi connectivity index (χ0v) is 14.7. The van der Waals surface area contributed by atoms with Crippen molar-refractivity contribution in [2.24, 2.45) is 5.10 Å². The quantitative estimate of drug-likeness (QED) is 0.590. The summed E-state index contributed by atoms with van der Waals surface area (Å²) < 4.78 is 0. The molecule has 0 heterocycles. The fourth-order valence-electron chi connectivity index (χ4n) is 2.11. The molecular weight excluding hydrogens is 338 g/mol. The van der Waals surface area contributed by atoms with Gasteiger partial charge in [-0.3, -0.25) is 9.59 Å². The van der Waals surface area contributed by atoms with Crippen LogP contribution in [-0.2, 0) is 16.0 Å². The van der Waals surface area contributed by atoms with Crippen LogP contribution in [0.2, 0.25) is 5.02 Å². The molecule has 0 aliphatic rings. The maximum Gasteiger partial charge on any atom is 0.259 e. The first-order valence-corrected chi connectivity index (χ1v) is 8.32. The van der Waals surface area contributed by atoms with Crippen molar-refractivity contribution in [2.45, 2.75) is 19.8 Å². The van der Waals surface area contributed by atoms with E-state index in [1.165, 1.54) is 0 Å². The van der Waals surface area contributed by atoms with Gasteiger partial charge in [0.1, 0.15) is 0 Å². The van der Waals surface area contributed by atoms with E-state index in [2.05, 4.69) is 15.8 Å². The normalized spacial score (nSPS) is 11.0. The van der Waals surface area contributed by atoms with Gasteiger partial charge in [-0.15, -0.1) is 0 Å². The molecule has 0 bridgehead atoms. The van der Waals surface area contributed by atoms with Gasteiger partial charge in [0.25, 0.3) is 5.91 Å². The average molecular weight is 358 g/mol. The lowest BCUT2D eigenvalue weighted by Crippen LogP contribution is -2.35. The van der Waals surface area contributed by atoms with E-state index in [1.807, 2.05) is 42.5 Å². The molecule has 2 rings (SSSR count). The smallest absolute Gasteiger partial charge is 0.259 e. The number of benzene rings is 2. The van der Waals surface area contributed by atoms with Gasteiger partial charge >= 0.3 is 0 Å². The van der Waals surface area contributed by atoms with Crippen LogP contribution in [0.15, 0.2) is 59.7 Å². The minimum atomic E-state index is -0.374. The molecule has 0 radical (unpaired) electrons. The van der Waals surface area contributed by atoms with Gasteiger partial charge in [0.2, 0.25) is 5.91 Å². The predicted octanol–water partition coefficient (Wildman–Crippen LogP) is 2.93. The Hall–Kier alpha value is -2.66. The molecule has 0 atom stereocenters. The molecule has 0 aromatic heterocycles. The van der Waals surface area contributed by atoms with Crippen LogP contribution >= 0.6 is 11.6 Å². The van der Waals surface area contributed by atoms with Crippen LogP contribution in [0.25, 0.3) is 0 Å². The van der Waals surface area contributed by atoms with Crippen molar-refractivity contribution >= 4 is 29.1 Å². The van der Waals surface area contributed by atoms with E-state index in [9.17, 15) is 9.59 Å². The molecule has 2 aromatic carbocycles. The van der Waals surface area contributed by atoms with Gasteiger partial charge in [-0.1, -0.05) is 54.1 Å². The summed E-state index contributed by atoms with van der Waals surface area (Å²) in [6.07, 6.45) is 0.979. The highest BCUT2D eigenvalue weighted by Gasteiger charge is 2.06. The van der Waals surface area contributed by atoms with Crippen molar-refractivity contribution < 1.29 is 9.59 Å². The fourth-order valence-corrected chi connectivity index (χ4v) is 2.24. The van der Waals surface area contributed by atoms with E-state index in [1.54, 1.807) is 19.1 Å². The third kappa shape index (κ3) is 6.77. The van der Waals surface area contributed by atoms with Crippen molar-refractivity contribution in [3.05, 3.63) is 70.7 Å². The molecule has 130 valence electrons. The Bertz CT molecular complexity index is 743. The van der Waals surface area contributed by atoms with Gasteiger partial charge in [0, 0.05) is 11.4 Å². The molecule has 6 heteroatoms. The molecule has 0 saturated carbocycles. The SMILES string of the molecule is CC(=NNC(=O)CNC(=O)CCc1ccccc1)c1ccc(Cl)cc1. The first-order chi connectivity index (χ1) is 12.0. The Morgan fingerprint density at radius 1 is 1.00 bits per heavy atom. The lowest BCUT2D eigenvalue weighted by Gasteiger charge is -2.06. The standard InChI is InChI=1S/C19H20ClN3O2/c1-14(16-8-10-17(20)11-9-16)22-23-19(25)13-21-18(24)12-7-15-5-3-2-4-6-15/h2-6,8-11H,7,12-13H2,1H3,(H,21,24)(H,23,25). The van der Waals surface area contributed by atoms with Crippen molar-refractivity contribution in [2.75, 3.05) is 6.54 Å². The number of carbonyl (C=O) groups excluding carboxylic acids is 2. The minimum Gasteiger partial charge on any atom is -0.347 e. The Labute approximate surface area is 152 Å². The summed E-state index contributed by atoms with van der Waals surface area (Å²) in [6, 6.07) is 16.9. The largest absolute Gasteiger partial charge is 0.347 e. The number of carbonyl (C=O) groups is 2. The summed E-state index contributed by atoms with van der Waals surface area (Å²) in [4.78, 5) is 23.5. The van der Waals surface area contributed by atoms with Crippen LogP contribution in [0.1, 0.15) is 24.5 Å². The topological polar surface area (TPSA) is 70.6 Å². The Balaban J connectivity index is 1.71. The Morgan fingerprint density at radius 3 is 2.36 bits per heavy atom. The van der Waals surface area contributed by atoms with Gasteiger partial charge in [0.05, 0.1) is 12.3 Å². The Kier molecular flexibility index (Phi) is 7.16. The second-order valence-corrected chi connectivity index (χ2v) is 5.94.